The highest BCUT2D eigenvalue weighted by Gasteiger charge is 2.24. The summed E-state index contributed by atoms with van der Waals surface area (Å²) in [5.41, 5.74) is 2.74. The molecule has 2 heteroatoms. The summed E-state index contributed by atoms with van der Waals surface area (Å²) in [5.74, 6) is 0.0153. The second-order valence-electron chi connectivity index (χ2n) is 5.38. The van der Waals surface area contributed by atoms with Gasteiger partial charge in [0.15, 0.2) is 5.78 Å². The van der Waals surface area contributed by atoms with Gasteiger partial charge in [0.1, 0.15) is 6.10 Å². The summed E-state index contributed by atoms with van der Waals surface area (Å²) in [7, 11) is 0. The third-order valence-electron chi connectivity index (χ3n) is 3.62. The van der Waals surface area contributed by atoms with E-state index in [1.165, 1.54) is 0 Å². The van der Waals surface area contributed by atoms with Gasteiger partial charge in [-0.2, -0.15) is 0 Å². The minimum Gasteiger partial charge on any atom is -0.362 e. The average molecular weight is 282 g/mol. The van der Waals surface area contributed by atoms with Crippen LogP contribution in [0.3, 0.4) is 0 Å². The number of ketones is 1. The van der Waals surface area contributed by atoms with Crippen molar-refractivity contribution < 1.29 is 9.53 Å². The van der Waals surface area contributed by atoms with Crippen molar-refractivity contribution in [3.05, 3.63) is 71.3 Å². The van der Waals surface area contributed by atoms with E-state index in [9.17, 15) is 4.79 Å². The minimum absolute atomic E-state index is 0.0153. The molecule has 0 saturated heterocycles. The zero-order chi connectivity index (χ0) is 15.2. The molecule has 21 heavy (non-hydrogen) atoms. The molecular weight excluding hydrogens is 260 g/mol. The molecule has 0 aliphatic heterocycles. The van der Waals surface area contributed by atoms with E-state index in [1.807, 2.05) is 68.4 Å². The Balaban J connectivity index is 2.30. The number of Topliss-reactive ketones (excluding diaryl/α,β-unsaturated/α-hetero) is 1. The van der Waals surface area contributed by atoms with E-state index < -0.39 is 6.10 Å². The lowest BCUT2D eigenvalue weighted by Crippen LogP contribution is -2.21. The van der Waals surface area contributed by atoms with Crippen molar-refractivity contribution in [1.29, 1.82) is 0 Å². The molecule has 0 amide bonds. The number of carbonyl (C=O) groups excluding carboxylic acids is 1. The first kappa shape index (κ1) is 15.5. The van der Waals surface area contributed by atoms with E-state index in [4.69, 9.17) is 4.74 Å². The summed E-state index contributed by atoms with van der Waals surface area (Å²) >= 11 is 0. The molecule has 2 aromatic carbocycles. The molecular formula is C19H22O2. The van der Waals surface area contributed by atoms with E-state index in [-0.39, 0.29) is 11.9 Å². The Kier molecular flexibility index (Phi) is 5.29. The second-order valence-corrected chi connectivity index (χ2v) is 5.38. The van der Waals surface area contributed by atoms with Crippen LogP contribution >= 0.6 is 0 Å². The first-order valence-electron chi connectivity index (χ1n) is 7.43. The summed E-state index contributed by atoms with van der Waals surface area (Å²) < 4.78 is 5.98. The highest BCUT2D eigenvalue weighted by atomic mass is 16.5. The Morgan fingerprint density at radius 2 is 1.67 bits per heavy atom. The lowest BCUT2D eigenvalue weighted by atomic mass is 9.99. The minimum atomic E-state index is -0.538. The Morgan fingerprint density at radius 3 is 2.24 bits per heavy atom. The van der Waals surface area contributed by atoms with Gasteiger partial charge < -0.3 is 4.74 Å². The standard InChI is InChI=1S/C19H22O2/c1-4-15(3)21-19(17-8-6-5-7-9-17)18(20)16-12-10-14(2)11-13-16/h5-13,15,19H,4H2,1-3H3. The maximum absolute atomic E-state index is 12.8. The monoisotopic (exact) mass is 282 g/mol. The van der Waals surface area contributed by atoms with Crippen LogP contribution in [0.1, 0.15) is 47.9 Å². The van der Waals surface area contributed by atoms with Gasteiger partial charge in [-0.1, -0.05) is 67.1 Å². The molecule has 0 heterocycles. The molecule has 2 atom stereocenters. The van der Waals surface area contributed by atoms with Gasteiger partial charge >= 0.3 is 0 Å². The van der Waals surface area contributed by atoms with Crippen LogP contribution in [-0.2, 0) is 4.74 Å². The number of hydrogen-bond acceptors (Lipinski definition) is 2. The molecule has 2 nitrogen and oxygen atoms in total. The Bertz CT molecular complexity index is 572. The summed E-state index contributed by atoms with van der Waals surface area (Å²) in [6.45, 7) is 6.07. The number of benzene rings is 2. The SMILES string of the molecule is CCC(C)OC(C(=O)c1ccc(C)cc1)c1ccccc1. The summed E-state index contributed by atoms with van der Waals surface area (Å²) in [6, 6.07) is 17.4. The molecule has 0 aliphatic rings. The van der Waals surface area contributed by atoms with Crippen LogP contribution in [0.4, 0.5) is 0 Å². The van der Waals surface area contributed by atoms with Crippen LogP contribution in [0, 0.1) is 6.92 Å². The first-order valence-corrected chi connectivity index (χ1v) is 7.43. The van der Waals surface area contributed by atoms with Gasteiger partial charge in [0.05, 0.1) is 6.10 Å². The molecule has 0 N–H and O–H groups in total. The number of hydrogen-bond donors (Lipinski definition) is 0. The predicted molar refractivity (Wildman–Crippen MR) is 85.5 cm³/mol. The van der Waals surface area contributed by atoms with Gasteiger partial charge in [0.2, 0.25) is 0 Å². The van der Waals surface area contributed by atoms with Crippen LogP contribution < -0.4 is 0 Å². The molecule has 0 bridgehead atoms. The van der Waals surface area contributed by atoms with Crippen LogP contribution in [0.25, 0.3) is 0 Å². The lowest BCUT2D eigenvalue weighted by molar-refractivity contribution is 0.00239. The second kappa shape index (κ2) is 7.19. The topological polar surface area (TPSA) is 26.3 Å². The van der Waals surface area contributed by atoms with Crippen LogP contribution in [0.15, 0.2) is 54.6 Å². The Hall–Kier alpha value is -1.93. The molecule has 110 valence electrons. The number of aryl methyl sites for hydroxylation is 1. The van der Waals surface area contributed by atoms with Gasteiger partial charge in [-0.3, -0.25) is 4.79 Å². The molecule has 0 fully saturated rings. The van der Waals surface area contributed by atoms with Gasteiger partial charge in [0.25, 0.3) is 0 Å². The molecule has 2 aromatic rings. The van der Waals surface area contributed by atoms with Crippen molar-refractivity contribution >= 4 is 5.78 Å². The molecule has 0 radical (unpaired) electrons. The fourth-order valence-corrected chi connectivity index (χ4v) is 2.12. The predicted octanol–water partition coefficient (Wildman–Crippen LogP) is 4.73. The van der Waals surface area contributed by atoms with E-state index in [1.54, 1.807) is 0 Å². The highest BCUT2D eigenvalue weighted by Crippen LogP contribution is 2.24. The van der Waals surface area contributed by atoms with Crippen molar-refractivity contribution in [2.45, 2.75) is 39.4 Å². The maximum atomic E-state index is 12.8. The number of ether oxygens (including phenoxy) is 1. The Morgan fingerprint density at radius 1 is 1.05 bits per heavy atom. The van der Waals surface area contributed by atoms with Crippen LogP contribution in [0.5, 0.6) is 0 Å². The van der Waals surface area contributed by atoms with Gasteiger partial charge in [-0.25, -0.2) is 0 Å². The summed E-state index contributed by atoms with van der Waals surface area (Å²) in [5, 5.41) is 0. The molecule has 0 spiro atoms. The lowest BCUT2D eigenvalue weighted by Gasteiger charge is -2.21. The number of carbonyl (C=O) groups is 1. The quantitative estimate of drug-likeness (QED) is 0.716. The van der Waals surface area contributed by atoms with Crippen molar-refractivity contribution in [2.75, 3.05) is 0 Å². The van der Waals surface area contributed by atoms with E-state index in [0.717, 1.165) is 17.5 Å². The normalized spacial score (nSPS) is 13.7. The summed E-state index contributed by atoms with van der Waals surface area (Å²) in [6.07, 6.45) is 0.387. The Labute approximate surface area is 126 Å². The van der Waals surface area contributed by atoms with Crippen molar-refractivity contribution in [2.24, 2.45) is 0 Å². The van der Waals surface area contributed by atoms with Crippen molar-refractivity contribution in [3.63, 3.8) is 0 Å². The van der Waals surface area contributed by atoms with Crippen molar-refractivity contribution in [3.8, 4) is 0 Å². The largest absolute Gasteiger partial charge is 0.362 e. The molecule has 0 saturated carbocycles. The van der Waals surface area contributed by atoms with Gasteiger partial charge in [0, 0.05) is 5.56 Å². The highest BCUT2D eigenvalue weighted by molar-refractivity contribution is 6.00. The van der Waals surface area contributed by atoms with Crippen LogP contribution in [-0.4, -0.2) is 11.9 Å². The zero-order valence-electron chi connectivity index (χ0n) is 12.9. The third-order valence-corrected chi connectivity index (χ3v) is 3.62. The summed E-state index contributed by atoms with van der Waals surface area (Å²) in [4.78, 5) is 12.8. The van der Waals surface area contributed by atoms with Crippen LogP contribution in [0.2, 0.25) is 0 Å². The fraction of sp³-hybridized carbons (Fsp3) is 0.316. The molecule has 2 rings (SSSR count). The van der Waals surface area contributed by atoms with E-state index >= 15 is 0 Å². The molecule has 2 unspecified atom stereocenters. The van der Waals surface area contributed by atoms with E-state index in [2.05, 4.69) is 6.92 Å². The maximum Gasteiger partial charge on any atom is 0.196 e. The molecule has 0 aromatic heterocycles. The molecule has 0 aliphatic carbocycles. The van der Waals surface area contributed by atoms with Crippen molar-refractivity contribution in [1.82, 2.24) is 0 Å². The van der Waals surface area contributed by atoms with Gasteiger partial charge in [-0.05, 0) is 25.8 Å². The first-order chi connectivity index (χ1) is 10.1. The zero-order valence-corrected chi connectivity index (χ0v) is 12.9. The fourth-order valence-electron chi connectivity index (χ4n) is 2.12. The van der Waals surface area contributed by atoms with E-state index in [0.29, 0.717) is 5.56 Å². The average Bonchev–Trinajstić information content (AvgIpc) is 2.53. The third kappa shape index (κ3) is 4.02. The smallest absolute Gasteiger partial charge is 0.196 e. The number of rotatable bonds is 6. The van der Waals surface area contributed by atoms with Gasteiger partial charge in [-0.15, -0.1) is 0 Å².